The number of nitrogen functional groups attached to an aromatic ring is 1. The van der Waals surface area contributed by atoms with Gasteiger partial charge in [0.25, 0.3) is 0 Å². The molecule has 2 rings (SSSR count). The Labute approximate surface area is 137 Å². The summed E-state index contributed by atoms with van der Waals surface area (Å²) in [6.45, 7) is 3.86. The maximum Gasteiger partial charge on any atom is 0.217 e. The molecule has 0 aromatic carbocycles. The highest BCUT2D eigenvalue weighted by molar-refractivity contribution is 5.55. The number of rotatable bonds is 8. The maximum atomic E-state index is 5.89. The Hall–Kier alpha value is -2.21. The van der Waals surface area contributed by atoms with Crippen molar-refractivity contribution < 1.29 is 9.47 Å². The van der Waals surface area contributed by atoms with Gasteiger partial charge in [-0.1, -0.05) is 12.2 Å². The van der Waals surface area contributed by atoms with Gasteiger partial charge < -0.3 is 25.8 Å². The number of morpholine rings is 1. The van der Waals surface area contributed by atoms with Gasteiger partial charge in [0, 0.05) is 30.9 Å². The average molecular weight is 318 g/mol. The lowest BCUT2D eigenvalue weighted by Crippen LogP contribution is -2.36. The van der Waals surface area contributed by atoms with Gasteiger partial charge in [-0.05, 0) is 31.5 Å². The minimum atomic E-state index is 0.487. The van der Waals surface area contributed by atoms with Crippen molar-refractivity contribution in [2.24, 2.45) is 5.73 Å². The second kappa shape index (κ2) is 9.74. The van der Waals surface area contributed by atoms with Gasteiger partial charge in [0.2, 0.25) is 5.88 Å². The molecule has 0 unspecified atom stereocenters. The van der Waals surface area contributed by atoms with Crippen molar-refractivity contribution in [3.8, 4) is 5.88 Å². The molecular formula is C17H26N4O2. The summed E-state index contributed by atoms with van der Waals surface area (Å²) in [4.78, 5) is 6.49. The lowest BCUT2D eigenvalue weighted by Gasteiger charge is -2.29. The first-order valence-electron chi connectivity index (χ1n) is 8.06. The molecule has 0 aliphatic carbocycles. The summed E-state index contributed by atoms with van der Waals surface area (Å²) in [6.07, 6.45) is 10.4. The van der Waals surface area contributed by atoms with E-state index >= 15 is 0 Å². The summed E-state index contributed by atoms with van der Waals surface area (Å²) >= 11 is 0. The molecule has 1 saturated heterocycles. The summed E-state index contributed by atoms with van der Waals surface area (Å²) in [5, 5.41) is 0. The van der Waals surface area contributed by atoms with Crippen LogP contribution in [0, 0.1) is 0 Å². The Morgan fingerprint density at radius 2 is 2.04 bits per heavy atom. The van der Waals surface area contributed by atoms with Crippen molar-refractivity contribution in [2.45, 2.75) is 19.3 Å². The van der Waals surface area contributed by atoms with Gasteiger partial charge in [-0.15, -0.1) is 0 Å². The number of hydrogen-bond acceptors (Lipinski definition) is 6. The summed E-state index contributed by atoms with van der Waals surface area (Å²) < 4.78 is 11.1. The van der Waals surface area contributed by atoms with E-state index in [-0.39, 0.29) is 0 Å². The van der Waals surface area contributed by atoms with Crippen LogP contribution in [-0.4, -0.2) is 37.9 Å². The maximum absolute atomic E-state index is 5.89. The largest absolute Gasteiger partial charge is 0.478 e. The van der Waals surface area contributed by atoms with Crippen molar-refractivity contribution in [1.82, 2.24) is 4.98 Å². The fourth-order valence-electron chi connectivity index (χ4n) is 2.37. The lowest BCUT2D eigenvalue weighted by atomic mass is 10.2. The first-order valence-corrected chi connectivity index (χ1v) is 8.06. The third-order valence-electron chi connectivity index (χ3n) is 3.56. The monoisotopic (exact) mass is 318 g/mol. The third-order valence-corrected chi connectivity index (χ3v) is 3.56. The van der Waals surface area contributed by atoms with E-state index in [1.165, 1.54) is 6.20 Å². The molecule has 4 N–H and O–H groups in total. The normalized spacial score (nSPS) is 15.6. The smallest absolute Gasteiger partial charge is 0.217 e. The van der Waals surface area contributed by atoms with E-state index in [0.29, 0.717) is 18.3 Å². The van der Waals surface area contributed by atoms with Crippen molar-refractivity contribution >= 4 is 11.5 Å². The van der Waals surface area contributed by atoms with Gasteiger partial charge in [-0.2, -0.15) is 4.98 Å². The Bertz CT molecular complexity index is 525. The average Bonchev–Trinajstić information content (AvgIpc) is 2.57. The summed E-state index contributed by atoms with van der Waals surface area (Å²) in [6, 6.07) is 3.83. The van der Waals surface area contributed by atoms with Crippen LogP contribution in [0.4, 0.5) is 11.5 Å². The Kier molecular flexibility index (Phi) is 7.26. The predicted octanol–water partition coefficient (Wildman–Crippen LogP) is 2.08. The highest BCUT2D eigenvalue weighted by atomic mass is 16.5. The number of aromatic nitrogens is 1. The second-order valence-corrected chi connectivity index (χ2v) is 5.35. The van der Waals surface area contributed by atoms with Crippen LogP contribution in [0.2, 0.25) is 0 Å². The molecular weight excluding hydrogens is 292 g/mol. The SMILES string of the molecule is N/C=C\C=C/CCCCOc1cc(N2CCOCC2)cc(N)n1. The molecule has 126 valence electrons. The zero-order chi connectivity index (χ0) is 16.3. The van der Waals surface area contributed by atoms with Crippen molar-refractivity contribution in [3.63, 3.8) is 0 Å². The number of nitrogens with two attached hydrogens (primary N) is 2. The molecule has 2 heterocycles. The van der Waals surface area contributed by atoms with E-state index in [4.69, 9.17) is 20.9 Å². The summed E-state index contributed by atoms with van der Waals surface area (Å²) in [7, 11) is 0. The van der Waals surface area contributed by atoms with Gasteiger partial charge in [-0.3, -0.25) is 0 Å². The minimum Gasteiger partial charge on any atom is -0.478 e. The number of nitrogens with zero attached hydrogens (tertiary/aromatic N) is 2. The summed E-state index contributed by atoms with van der Waals surface area (Å²) in [5.41, 5.74) is 12.2. The molecule has 0 spiro atoms. The van der Waals surface area contributed by atoms with E-state index in [2.05, 4.69) is 16.0 Å². The van der Waals surface area contributed by atoms with Crippen LogP contribution < -0.4 is 21.1 Å². The van der Waals surface area contributed by atoms with E-state index in [9.17, 15) is 0 Å². The predicted molar refractivity (Wildman–Crippen MR) is 93.5 cm³/mol. The number of allylic oxidation sites excluding steroid dienone is 3. The second-order valence-electron chi connectivity index (χ2n) is 5.35. The summed E-state index contributed by atoms with van der Waals surface area (Å²) in [5.74, 6) is 1.08. The molecule has 6 nitrogen and oxygen atoms in total. The minimum absolute atomic E-state index is 0.487. The first-order chi connectivity index (χ1) is 11.3. The third kappa shape index (κ3) is 6.20. The van der Waals surface area contributed by atoms with Crippen LogP contribution in [0.25, 0.3) is 0 Å². The highest BCUT2D eigenvalue weighted by Gasteiger charge is 2.13. The number of hydrogen-bond donors (Lipinski definition) is 2. The number of ether oxygens (including phenoxy) is 2. The van der Waals surface area contributed by atoms with Crippen LogP contribution in [-0.2, 0) is 4.74 Å². The molecule has 0 amide bonds. The van der Waals surface area contributed by atoms with E-state index in [0.717, 1.165) is 51.3 Å². The zero-order valence-corrected chi connectivity index (χ0v) is 13.5. The standard InChI is InChI=1S/C17H26N4O2/c18-7-5-3-1-2-4-6-10-23-17-14-15(13-16(19)20-17)21-8-11-22-12-9-21/h1,3,5,7,13-14H,2,4,6,8-12,18H2,(H2,19,20)/b3-1-,7-5-. The van der Waals surface area contributed by atoms with Crippen LogP contribution in [0.15, 0.2) is 36.6 Å². The van der Waals surface area contributed by atoms with Crippen LogP contribution in [0.5, 0.6) is 5.88 Å². The molecule has 1 aromatic rings. The van der Waals surface area contributed by atoms with Gasteiger partial charge in [-0.25, -0.2) is 0 Å². The highest BCUT2D eigenvalue weighted by Crippen LogP contribution is 2.23. The van der Waals surface area contributed by atoms with Crippen LogP contribution >= 0.6 is 0 Å². The van der Waals surface area contributed by atoms with Crippen molar-refractivity contribution in [1.29, 1.82) is 0 Å². The molecule has 6 heteroatoms. The molecule has 1 aliphatic heterocycles. The molecule has 0 bridgehead atoms. The Morgan fingerprint density at radius 1 is 1.22 bits per heavy atom. The molecule has 0 atom stereocenters. The Morgan fingerprint density at radius 3 is 2.83 bits per heavy atom. The van der Waals surface area contributed by atoms with E-state index in [1.54, 1.807) is 0 Å². The van der Waals surface area contributed by atoms with Gasteiger partial charge in [0.1, 0.15) is 5.82 Å². The van der Waals surface area contributed by atoms with Crippen molar-refractivity contribution in [2.75, 3.05) is 43.5 Å². The fourth-order valence-corrected chi connectivity index (χ4v) is 2.37. The molecule has 23 heavy (non-hydrogen) atoms. The van der Waals surface area contributed by atoms with Gasteiger partial charge in [0.05, 0.1) is 19.8 Å². The molecule has 0 radical (unpaired) electrons. The van der Waals surface area contributed by atoms with E-state index < -0.39 is 0 Å². The molecule has 1 aliphatic rings. The quantitative estimate of drug-likeness (QED) is 0.564. The first kappa shape index (κ1) is 17.1. The lowest BCUT2D eigenvalue weighted by molar-refractivity contribution is 0.122. The molecule has 0 saturated carbocycles. The number of anilines is 2. The number of pyridine rings is 1. The molecule has 1 fully saturated rings. The van der Waals surface area contributed by atoms with Crippen LogP contribution in [0.1, 0.15) is 19.3 Å². The topological polar surface area (TPSA) is 86.6 Å². The van der Waals surface area contributed by atoms with Gasteiger partial charge >= 0.3 is 0 Å². The van der Waals surface area contributed by atoms with Crippen molar-refractivity contribution in [3.05, 3.63) is 36.6 Å². The molecule has 1 aromatic heterocycles. The number of unbranched alkanes of at least 4 members (excludes halogenated alkanes) is 2. The van der Waals surface area contributed by atoms with Gasteiger partial charge in [0.15, 0.2) is 0 Å². The van der Waals surface area contributed by atoms with Crippen LogP contribution in [0.3, 0.4) is 0 Å². The van der Waals surface area contributed by atoms with E-state index in [1.807, 2.05) is 24.3 Å². The Balaban J connectivity index is 1.77. The zero-order valence-electron chi connectivity index (χ0n) is 13.5. The fraction of sp³-hybridized carbons (Fsp3) is 0.471.